The molecule has 0 aliphatic carbocycles. The highest BCUT2D eigenvalue weighted by molar-refractivity contribution is 5.98. The van der Waals surface area contributed by atoms with Crippen LogP contribution in [-0.2, 0) is 16.0 Å². The Hall–Kier alpha value is -3.41. The molecular weight excluding hydrogens is 400 g/mol. The topological polar surface area (TPSA) is 58.4 Å². The van der Waals surface area contributed by atoms with Crippen LogP contribution in [0.1, 0.15) is 36.8 Å². The molecule has 166 valence electrons. The Morgan fingerprint density at radius 1 is 0.969 bits per heavy atom. The number of likely N-dealkylation sites (tertiary alicyclic amines) is 1. The number of hydrogen-bond acceptors (Lipinski definition) is 3. The van der Waals surface area contributed by atoms with Crippen molar-refractivity contribution in [2.24, 2.45) is 0 Å². The van der Waals surface area contributed by atoms with Crippen molar-refractivity contribution >= 4 is 17.5 Å². The van der Waals surface area contributed by atoms with Gasteiger partial charge in [0.15, 0.2) is 0 Å². The number of aryl methyl sites for hydroxylation is 2. The number of carbonyl (C=O) groups is 2. The van der Waals surface area contributed by atoms with E-state index in [9.17, 15) is 9.59 Å². The van der Waals surface area contributed by atoms with Gasteiger partial charge in [-0.25, -0.2) is 4.68 Å². The molecule has 0 atom stereocenters. The smallest absolute Gasteiger partial charge is 0.242 e. The Balaban J connectivity index is 1.44. The molecule has 0 bridgehead atoms. The van der Waals surface area contributed by atoms with Gasteiger partial charge in [0.25, 0.3) is 0 Å². The average Bonchev–Trinajstić information content (AvgIpc) is 3.32. The molecule has 1 fully saturated rings. The van der Waals surface area contributed by atoms with Crippen LogP contribution in [0.25, 0.3) is 5.69 Å². The Morgan fingerprint density at radius 3 is 2.41 bits per heavy atom. The number of piperidine rings is 1. The maximum atomic E-state index is 13.2. The van der Waals surface area contributed by atoms with E-state index in [1.54, 1.807) is 11.1 Å². The van der Waals surface area contributed by atoms with Crippen LogP contribution in [0.3, 0.4) is 0 Å². The molecule has 0 radical (unpaired) electrons. The van der Waals surface area contributed by atoms with Gasteiger partial charge in [-0.15, -0.1) is 0 Å². The summed E-state index contributed by atoms with van der Waals surface area (Å²) >= 11 is 0. The molecule has 0 saturated carbocycles. The minimum atomic E-state index is -0.0494. The third kappa shape index (κ3) is 5.44. The standard InChI is InChI=1S/C26H30N4O2/c1-21-10-13-23(14-11-21)29(20-26(32)28-16-6-3-7-17-28)25(31)15-12-22-18-27-30(19-22)24-8-4-2-5-9-24/h2,4-5,8-11,13-14,18-19H,3,6-7,12,15-17,20H2,1H3. The highest BCUT2D eigenvalue weighted by atomic mass is 16.2. The summed E-state index contributed by atoms with van der Waals surface area (Å²) in [4.78, 5) is 29.7. The fourth-order valence-electron chi connectivity index (χ4n) is 4.02. The molecule has 6 nitrogen and oxygen atoms in total. The lowest BCUT2D eigenvalue weighted by Crippen LogP contribution is -2.45. The van der Waals surface area contributed by atoms with E-state index in [1.165, 1.54) is 6.42 Å². The first-order valence-electron chi connectivity index (χ1n) is 11.3. The van der Waals surface area contributed by atoms with E-state index in [4.69, 9.17) is 0 Å². The van der Waals surface area contributed by atoms with Gasteiger partial charge >= 0.3 is 0 Å². The quantitative estimate of drug-likeness (QED) is 0.566. The minimum absolute atomic E-state index is 0.0236. The molecule has 3 aromatic rings. The van der Waals surface area contributed by atoms with Crippen molar-refractivity contribution in [1.29, 1.82) is 0 Å². The van der Waals surface area contributed by atoms with Gasteiger partial charge in [-0.3, -0.25) is 9.59 Å². The van der Waals surface area contributed by atoms with Crippen LogP contribution in [0.15, 0.2) is 67.0 Å². The summed E-state index contributed by atoms with van der Waals surface area (Å²) in [6, 6.07) is 17.7. The van der Waals surface area contributed by atoms with E-state index in [1.807, 2.05) is 77.3 Å². The van der Waals surface area contributed by atoms with E-state index >= 15 is 0 Å². The number of amides is 2. The molecule has 1 aromatic heterocycles. The van der Waals surface area contributed by atoms with Crippen LogP contribution < -0.4 is 4.90 Å². The fourth-order valence-corrected chi connectivity index (χ4v) is 4.02. The molecule has 0 spiro atoms. The summed E-state index contributed by atoms with van der Waals surface area (Å²) in [5.41, 5.74) is 3.87. The van der Waals surface area contributed by atoms with Gasteiger partial charge in [0.1, 0.15) is 6.54 Å². The van der Waals surface area contributed by atoms with Crippen molar-refractivity contribution in [3.05, 3.63) is 78.1 Å². The third-order valence-electron chi connectivity index (χ3n) is 5.93. The second kappa shape index (κ2) is 10.3. The van der Waals surface area contributed by atoms with E-state index in [0.717, 1.165) is 48.4 Å². The zero-order chi connectivity index (χ0) is 22.3. The SMILES string of the molecule is Cc1ccc(N(CC(=O)N2CCCCC2)C(=O)CCc2cnn(-c3ccccc3)c2)cc1. The van der Waals surface area contributed by atoms with Gasteiger partial charge in [-0.2, -0.15) is 5.10 Å². The molecule has 32 heavy (non-hydrogen) atoms. The van der Waals surface area contributed by atoms with Crippen molar-refractivity contribution in [3.8, 4) is 5.69 Å². The first kappa shape index (κ1) is 21.8. The molecule has 4 rings (SSSR count). The van der Waals surface area contributed by atoms with Crippen molar-refractivity contribution in [1.82, 2.24) is 14.7 Å². The molecule has 2 heterocycles. The van der Waals surface area contributed by atoms with Crippen LogP contribution >= 0.6 is 0 Å². The van der Waals surface area contributed by atoms with Gasteiger partial charge in [0, 0.05) is 31.4 Å². The lowest BCUT2D eigenvalue weighted by Gasteiger charge is -2.30. The summed E-state index contributed by atoms with van der Waals surface area (Å²) in [5, 5.41) is 4.42. The maximum Gasteiger partial charge on any atom is 0.242 e. The number of carbonyl (C=O) groups excluding carboxylic acids is 2. The van der Waals surface area contributed by atoms with Gasteiger partial charge in [-0.1, -0.05) is 35.9 Å². The Kier molecular flexibility index (Phi) is 7.00. The Morgan fingerprint density at radius 2 is 1.69 bits per heavy atom. The number of benzene rings is 2. The molecule has 0 unspecified atom stereocenters. The predicted molar refractivity (Wildman–Crippen MR) is 126 cm³/mol. The normalized spacial score (nSPS) is 13.7. The summed E-state index contributed by atoms with van der Waals surface area (Å²) in [5.74, 6) is -0.0257. The predicted octanol–water partition coefficient (Wildman–Crippen LogP) is 4.16. The first-order chi connectivity index (χ1) is 15.6. The summed E-state index contributed by atoms with van der Waals surface area (Å²) in [7, 11) is 0. The molecule has 2 amide bonds. The highest BCUT2D eigenvalue weighted by Crippen LogP contribution is 2.19. The highest BCUT2D eigenvalue weighted by Gasteiger charge is 2.23. The molecule has 1 aliphatic rings. The zero-order valence-corrected chi connectivity index (χ0v) is 18.6. The van der Waals surface area contributed by atoms with Crippen LogP contribution in [0.4, 0.5) is 5.69 Å². The zero-order valence-electron chi connectivity index (χ0n) is 18.6. The number of para-hydroxylation sites is 1. The van der Waals surface area contributed by atoms with E-state index < -0.39 is 0 Å². The number of anilines is 1. The number of rotatable bonds is 7. The Bertz CT molecular complexity index is 1040. The maximum absolute atomic E-state index is 13.2. The molecule has 1 saturated heterocycles. The number of hydrogen-bond donors (Lipinski definition) is 0. The summed E-state index contributed by atoms with van der Waals surface area (Å²) in [6.07, 6.45) is 7.90. The minimum Gasteiger partial charge on any atom is -0.341 e. The molecule has 0 N–H and O–H groups in total. The monoisotopic (exact) mass is 430 g/mol. The molecule has 2 aromatic carbocycles. The summed E-state index contributed by atoms with van der Waals surface area (Å²) < 4.78 is 1.82. The van der Waals surface area contributed by atoms with E-state index in [0.29, 0.717) is 12.8 Å². The van der Waals surface area contributed by atoms with Gasteiger partial charge in [-0.05, 0) is 62.4 Å². The van der Waals surface area contributed by atoms with Gasteiger partial charge in [0.05, 0.1) is 11.9 Å². The third-order valence-corrected chi connectivity index (χ3v) is 5.93. The van der Waals surface area contributed by atoms with Crippen LogP contribution in [-0.4, -0.2) is 46.1 Å². The van der Waals surface area contributed by atoms with Crippen LogP contribution in [0.2, 0.25) is 0 Å². The Labute approximate surface area is 189 Å². The van der Waals surface area contributed by atoms with Crippen molar-refractivity contribution < 1.29 is 9.59 Å². The van der Waals surface area contributed by atoms with E-state index in [-0.39, 0.29) is 18.4 Å². The van der Waals surface area contributed by atoms with Crippen molar-refractivity contribution in [2.75, 3.05) is 24.5 Å². The first-order valence-corrected chi connectivity index (χ1v) is 11.3. The van der Waals surface area contributed by atoms with E-state index in [2.05, 4.69) is 5.10 Å². The number of nitrogens with zero attached hydrogens (tertiary/aromatic N) is 4. The van der Waals surface area contributed by atoms with Gasteiger partial charge < -0.3 is 9.80 Å². The molecular formula is C26H30N4O2. The average molecular weight is 431 g/mol. The van der Waals surface area contributed by atoms with Crippen LogP contribution in [0, 0.1) is 6.92 Å². The molecule has 1 aliphatic heterocycles. The largest absolute Gasteiger partial charge is 0.341 e. The molecule has 6 heteroatoms. The second-order valence-electron chi connectivity index (χ2n) is 8.39. The number of aromatic nitrogens is 2. The lowest BCUT2D eigenvalue weighted by molar-refractivity contribution is -0.132. The lowest BCUT2D eigenvalue weighted by atomic mass is 10.1. The van der Waals surface area contributed by atoms with Crippen molar-refractivity contribution in [3.63, 3.8) is 0 Å². The van der Waals surface area contributed by atoms with Gasteiger partial charge in [0.2, 0.25) is 11.8 Å². The van der Waals surface area contributed by atoms with Crippen LogP contribution in [0.5, 0.6) is 0 Å². The fraction of sp³-hybridized carbons (Fsp3) is 0.346. The van der Waals surface area contributed by atoms with Crippen molar-refractivity contribution in [2.45, 2.75) is 39.0 Å². The second-order valence-corrected chi connectivity index (χ2v) is 8.39. The summed E-state index contributed by atoms with van der Waals surface area (Å²) in [6.45, 7) is 3.67.